The third-order valence-corrected chi connectivity index (χ3v) is 3.18. The van der Waals surface area contributed by atoms with Crippen LogP contribution in [0.4, 0.5) is 4.39 Å². The van der Waals surface area contributed by atoms with Crippen molar-refractivity contribution in [3.8, 4) is 0 Å². The summed E-state index contributed by atoms with van der Waals surface area (Å²) in [7, 11) is 0. The third kappa shape index (κ3) is 2.76. The first-order valence-corrected chi connectivity index (χ1v) is 6.40. The van der Waals surface area contributed by atoms with Crippen LogP contribution in [0.1, 0.15) is 24.4 Å². The van der Waals surface area contributed by atoms with Gasteiger partial charge in [0, 0.05) is 23.0 Å². The number of aromatic nitrogens is 3. The molecule has 0 saturated carbocycles. The van der Waals surface area contributed by atoms with Crippen LogP contribution in [0, 0.1) is 5.82 Å². The van der Waals surface area contributed by atoms with Crippen molar-refractivity contribution < 1.29 is 9.50 Å². The van der Waals surface area contributed by atoms with Crippen LogP contribution in [0.5, 0.6) is 0 Å². The van der Waals surface area contributed by atoms with Crippen molar-refractivity contribution >= 4 is 15.9 Å². The minimum atomic E-state index is -0.933. The monoisotopic (exact) mass is 313 g/mol. The van der Waals surface area contributed by atoms with Crippen molar-refractivity contribution in [2.45, 2.75) is 26.0 Å². The molecule has 18 heavy (non-hydrogen) atoms. The largest absolute Gasteiger partial charge is 0.388 e. The zero-order valence-corrected chi connectivity index (χ0v) is 11.4. The highest BCUT2D eigenvalue weighted by atomic mass is 79.9. The van der Waals surface area contributed by atoms with Gasteiger partial charge in [0.2, 0.25) is 0 Å². The number of hydrogen-bond donors (Lipinski definition) is 1. The SMILES string of the molecule is CCn1ncnc1CC(O)c1cc(Br)ccc1F. The standard InChI is InChI=1S/C12H13BrFN3O/c1-2-17-12(15-7-16-17)6-11(18)9-5-8(13)3-4-10(9)14/h3-5,7,11,18H,2,6H2,1H3. The van der Waals surface area contributed by atoms with Crippen LogP contribution < -0.4 is 0 Å². The fraction of sp³-hybridized carbons (Fsp3) is 0.333. The summed E-state index contributed by atoms with van der Waals surface area (Å²) >= 11 is 3.26. The summed E-state index contributed by atoms with van der Waals surface area (Å²) in [6.45, 7) is 2.60. The smallest absolute Gasteiger partial charge is 0.138 e. The van der Waals surface area contributed by atoms with Crippen LogP contribution in [0.15, 0.2) is 29.0 Å². The molecule has 0 spiro atoms. The van der Waals surface area contributed by atoms with Crippen molar-refractivity contribution in [2.24, 2.45) is 0 Å². The lowest BCUT2D eigenvalue weighted by Gasteiger charge is -2.12. The Kier molecular flexibility index (Phi) is 4.08. The highest BCUT2D eigenvalue weighted by molar-refractivity contribution is 9.10. The van der Waals surface area contributed by atoms with Gasteiger partial charge in [0.25, 0.3) is 0 Å². The van der Waals surface area contributed by atoms with Crippen molar-refractivity contribution in [1.29, 1.82) is 0 Å². The van der Waals surface area contributed by atoms with E-state index < -0.39 is 11.9 Å². The van der Waals surface area contributed by atoms with E-state index in [1.54, 1.807) is 16.8 Å². The minimum Gasteiger partial charge on any atom is -0.388 e. The number of benzene rings is 1. The van der Waals surface area contributed by atoms with Crippen molar-refractivity contribution in [3.63, 3.8) is 0 Å². The average Bonchev–Trinajstić information content (AvgIpc) is 2.79. The second-order valence-corrected chi connectivity index (χ2v) is 4.79. The fourth-order valence-corrected chi connectivity index (χ4v) is 2.14. The maximum absolute atomic E-state index is 13.6. The molecule has 4 nitrogen and oxygen atoms in total. The van der Waals surface area contributed by atoms with E-state index in [0.717, 1.165) is 4.47 Å². The summed E-state index contributed by atoms with van der Waals surface area (Å²) in [4.78, 5) is 4.06. The maximum atomic E-state index is 13.6. The maximum Gasteiger partial charge on any atom is 0.138 e. The van der Waals surface area contributed by atoms with Gasteiger partial charge in [0.1, 0.15) is 18.0 Å². The number of aliphatic hydroxyl groups excluding tert-OH is 1. The highest BCUT2D eigenvalue weighted by Gasteiger charge is 2.16. The first-order chi connectivity index (χ1) is 8.61. The Morgan fingerprint density at radius 1 is 1.50 bits per heavy atom. The Labute approximate surface area is 113 Å². The van der Waals surface area contributed by atoms with E-state index in [1.165, 1.54) is 12.4 Å². The molecule has 96 valence electrons. The van der Waals surface area contributed by atoms with Gasteiger partial charge in [-0.1, -0.05) is 15.9 Å². The molecule has 1 aromatic heterocycles. The molecule has 0 saturated heterocycles. The Morgan fingerprint density at radius 2 is 2.28 bits per heavy atom. The Balaban J connectivity index is 2.21. The van der Waals surface area contributed by atoms with Crippen LogP contribution in [-0.4, -0.2) is 19.9 Å². The molecule has 0 radical (unpaired) electrons. The Bertz CT molecular complexity index is 544. The second-order valence-electron chi connectivity index (χ2n) is 3.88. The average molecular weight is 314 g/mol. The normalized spacial score (nSPS) is 12.7. The lowest BCUT2D eigenvalue weighted by Crippen LogP contribution is -2.10. The molecule has 2 aromatic rings. The molecule has 1 heterocycles. The summed E-state index contributed by atoms with van der Waals surface area (Å²) in [5.41, 5.74) is 0.259. The second kappa shape index (κ2) is 5.58. The molecule has 0 aliphatic rings. The molecular formula is C12H13BrFN3O. The summed E-state index contributed by atoms with van der Waals surface area (Å²) in [5, 5.41) is 14.1. The Morgan fingerprint density at radius 3 is 3.00 bits per heavy atom. The molecule has 1 aromatic carbocycles. The molecule has 0 fully saturated rings. The molecule has 0 aliphatic carbocycles. The van der Waals surface area contributed by atoms with Gasteiger partial charge in [-0.2, -0.15) is 5.10 Å². The quantitative estimate of drug-likeness (QED) is 0.943. The van der Waals surface area contributed by atoms with Crippen molar-refractivity contribution in [2.75, 3.05) is 0 Å². The Hall–Kier alpha value is -1.27. The molecule has 1 atom stereocenters. The van der Waals surface area contributed by atoms with Gasteiger partial charge in [-0.3, -0.25) is 4.68 Å². The number of halogens is 2. The van der Waals surface area contributed by atoms with Crippen LogP contribution in [0.2, 0.25) is 0 Å². The van der Waals surface area contributed by atoms with Gasteiger partial charge in [-0.15, -0.1) is 0 Å². The van der Waals surface area contributed by atoms with Gasteiger partial charge >= 0.3 is 0 Å². The number of hydrogen-bond acceptors (Lipinski definition) is 3. The first-order valence-electron chi connectivity index (χ1n) is 5.61. The van der Waals surface area contributed by atoms with Crippen LogP contribution in [0.25, 0.3) is 0 Å². The van der Waals surface area contributed by atoms with Crippen LogP contribution >= 0.6 is 15.9 Å². The van der Waals surface area contributed by atoms with Gasteiger partial charge in [0.15, 0.2) is 0 Å². The predicted molar refractivity (Wildman–Crippen MR) is 68.5 cm³/mol. The molecule has 0 bridgehead atoms. The van der Waals surface area contributed by atoms with E-state index in [9.17, 15) is 9.50 Å². The zero-order chi connectivity index (χ0) is 13.1. The van der Waals surface area contributed by atoms with E-state index >= 15 is 0 Å². The number of aliphatic hydroxyl groups is 1. The van der Waals surface area contributed by atoms with E-state index in [4.69, 9.17) is 0 Å². The molecule has 0 amide bonds. The molecule has 1 unspecified atom stereocenters. The number of nitrogens with zero attached hydrogens (tertiary/aromatic N) is 3. The topological polar surface area (TPSA) is 50.9 Å². The predicted octanol–water partition coefficient (Wildman–Crippen LogP) is 2.48. The number of aryl methyl sites for hydroxylation is 1. The fourth-order valence-electron chi connectivity index (χ4n) is 1.76. The zero-order valence-electron chi connectivity index (χ0n) is 9.85. The summed E-state index contributed by atoms with van der Waals surface area (Å²) in [6.07, 6.45) is 0.737. The van der Waals surface area contributed by atoms with Crippen LogP contribution in [-0.2, 0) is 13.0 Å². The van der Waals surface area contributed by atoms with E-state index in [1.807, 2.05) is 6.92 Å². The van der Waals surface area contributed by atoms with Crippen molar-refractivity contribution in [1.82, 2.24) is 14.8 Å². The van der Waals surface area contributed by atoms with Crippen LogP contribution in [0.3, 0.4) is 0 Å². The van der Waals surface area contributed by atoms with Gasteiger partial charge in [-0.05, 0) is 25.1 Å². The van der Waals surface area contributed by atoms with Gasteiger partial charge in [0.05, 0.1) is 6.10 Å². The minimum absolute atomic E-state index is 0.237. The summed E-state index contributed by atoms with van der Waals surface area (Å²) < 4.78 is 16.0. The first kappa shape index (κ1) is 13.2. The van der Waals surface area contributed by atoms with E-state index in [2.05, 4.69) is 26.0 Å². The van der Waals surface area contributed by atoms with E-state index in [-0.39, 0.29) is 12.0 Å². The highest BCUT2D eigenvalue weighted by Crippen LogP contribution is 2.23. The summed E-state index contributed by atoms with van der Waals surface area (Å²) in [5.74, 6) is 0.220. The third-order valence-electron chi connectivity index (χ3n) is 2.69. The molecule has 1 N–H and O–H groups in total. The number of rotatable bonds is 4. The lowest BCUT2D eigenvalue weighted by atomic mass is 10.1. The molecule has 0 aliphatic heterocycles. The van der Waals surface area contributed by atoms with Gasteiger partial charge < -0.3 is 5.11 Å². The molecular weight excluding hydrogens is 301 g/mol. The van der Waals surface area contributed by atoms with Crippen molar-refractivity contribution in [3.05, 3.63) is 46.2 Å². The molecule has 2 rings (SSSR count). The molecule has 6 heteroatoms. The summed E-state index contributed by atoms with van der Waals surface area (Å²) in [6, 6.07) is 4.50. The van der Waals surface area contributed by atoms with Gasteiger partial charge in [-0.25, -0.2) is 9.37 Å². The lowest BCUT2D eigenvalue weighted by molar-refractivity contribution is 0.169. The van der Waals surface area contributed by atoms with E-state index in [0.29, 0.717) is 12.4 Å².